The standard InChI is InChI=1S/C24H20I2N2O3/c1-2-29-23-12-18(14-28-31-16-20-6-4-3-5-19(20)13-27)11-22(26)24(23)30-15-17-7-9-21(25)10-8-17/h3-12,14H,2,15-16H2,1H3/b28-14-. The third-order valence-corrected chi connectivity index (χ3v) is 5.78. The monoisotopic (exact) mass is 638 g/mol. The molecule has 0 fully saturated rings. The Hall–Kier alpha value is -2.32. The van der Waals surface area contributed by atoms with E-state index in [4.69, 9.17) is 19.6 Å². The molecule has 7 heteroatoms. The lowest BCUT2D eigenvalue weighted by molar-refractivity contribution is 0.132. The van der Waals surface area contributed by atoms with Crippen LogP contribution >= 0.6 is 45.2 Å². The van der Waals surface area contributed by atoms with Crippen molar-refractivity contribution in [3.05, 3.63) is 90.1 Å². The molecule has 5 nitrogen and oxygen atoms in total. The summed E-state index contributed by atoms with van der Waals surface area (Å²) in [6, 6.07) is 21.5. The molecule has 0 unspecified atom stereocenters. The highest BCUT2D eigenvalue weighted by Gasteiger charge is 2.12. The lowest BCUT2D eigenvalue weighted by Gasteiger charge is -2.14. The highest BCUT2D eigenvalue weighted by atomic mass is 127. The van der Waals surface area contributed by atoms with Crippen molar-refractivity contribution in [3.8, 4) is 17.6 Å². The zero-order valence-corrected chi connectivity index (χ0v) is 21.2. The van der Waals surface area contributed by atoms with E-state index in [9.17, 15) is 0 Å². The molecule has 0 atom stereocenters. The van der Waals surface area contributed by atoms with Crippen LogP contribution in [0.2, 0.25) is 0 Å². The molecule has 3 aromatic rings. The summed E-state index contributed by atoms with van der Waals surface area (Å²) in [6.07, 6.45) is 1.63. The Morgan fingerprint density at radius 2 is 1.77 bits per heavy atom. The Kier molecular flexibility index (Phi) is 8.97. The molecule has 0 bridgehead atoms. The van der Waals surface area contributed by atoms with E-state index < -0.39 is 0 Å². The number of nitrogens with zero attached hydrogens (tertiary/aromatic N) is 2. The van der Waals surface area contributed by atoms with Crippen LogP contribution in [0.4, 0.5) is 0 Å². The lowest BCUT2D eigenvalue weighted by Crippen LogP contribution is -2.02. The smallest absolute Gasteiger partial charge is 0.175 e. The molecule has 3 aromatic carbocycles. The quantitative estimate of drug-likeness (QED) is 0.157. The summed E-state index contributed by atoms with van der Waals surface area (Å²) in [5.41, 5.74) is 3.31. The third-order valence-electron chi connectivity index (χ3n) is 4.26. The summed E-state index contributed by atoms with van der Waals surface area (Å²) in [5, 5.41) is 13.2. The van der Waals surface area contributed by atoms with Gasteiger partial charge in [-0.2, -0.15) is 5.26 Å². The molecule has 0 aliphatic rings. The Labute approximate surface area is 209 Å². The van der Waals surface area contributed by atoms with E-state index in [-0.39, 0.29) is 6.61 Å². The topological polar surface area (TPSA) is 63.8 Å². The molecule has 0 radical (unpaired) electrons. The van der Waals surface area contributed by atoms with E-state index in [2.05, 4.69) is 80.7 Å². The number of ether oxygens (including phenoxy) is 2. The SMILES string of the molecule is CCOc1cc(/C=N\OCc2ccccc2C#N)cc(I)c1OCc1ccc(I)cc1. The number of nitriles is 1. The Morgan fingerprint density at radius 3 is 2.52 bits per heavy atom. The van der Waals surface area contributed by atoms with Gasteiger partial charge in [0.15, 0.2) is 11.5 Å². The van der Waals surface area contributed by atoms with Crippen LogP contribution < -0.4 is 9.47 Å². The maximum absolute atomic E-state index is 9.15. The number of halogens is 2. The number of rotatable bonds is 9. The van der Waals surface area contributed by atoms with Crippen LogP contribution in [0, 0.1) is 18.5 Å². The maximum Gasteiger partial charge on any atom is 0.175 e. The van der Waals surface area contributed by atoms with Crippen LogP contribution in [0.1, 0.15) is 29.2 Å². The van der Waals surface area contributed by atoms with Crippen molar-refractivity contribution in [2.24, 2.45) is 5.16 Å². The maximum atomic E-state index is 9.15. The second-order valence-electron chi connectivity index (χ2n) is 6.46. The number of hydrogen-bond donors (Lipinski definition) is 0. The van der Waals surface area contributed by atoms with Gasteiger partial charge in [0.1, 0.15) is 13.2 Å². The largest absolute Gasteiger partial charge is 0.490 e. The number of hydrogen-bond acceptors (Lipinski definition) is 5. The zero-order valence-electron chi connectivity index (χ0n) is 16.8. The summed E-state index contributed by atoms with van der Waals surface area (Å²) in [7, 11) is 0. The Morgan fingerprint density at radius 1 is 1.00 bits per heavy atom. The van der Waals surface area contributed by atoms with Gasteiger partial charge >= 0.3 is 0 Å². The summed E-state index contributed by atoms with van der Waals surface area (Å²) in [5.74, 6) is 1.37. The minimum atomic E-state index is 0.229. The molecule has 0 amide bonds. The first kappa shape index (κ1) is 23.3. The van der Waals surface area contributed by atoms with Gasteiger partial charge in [0.05, 0.1) is 28.0 Å². The zero-order chi connectivity index (χ0) is 22.1. The van der Waals surface area contributed by atoms with Crippen molar-refractivity contribution in [1.29, 1.82) is 5.26 Å². The van der Waals surface area contributed by atoms with Gasteiger partial charge in [0.25, 0.3) is 0 Å². The fraction of sp³-hybridized carbons (Fsp3) is 0.167. The van der Waals surface area contributed by atoms with E-state index >= 15 is 0 Å². The molecule has 31 heavy (non-hydrogen) atoms. The van der Waals surface area contributed by atoms with E-state index in [0.717, 1.165) is 20.3 Å². The van der Waals surface area contributed by atoms with Crippen LogP contribution in [0.15, 0.2) is 65.8 Å². The van der Waals surface area contributed by atoms with Gasteiger partial charge in [-0.1, -0.05) is 35.5 Å². The van der Waals surface area contributed by atoms with Gasteiger partial charge in [-0.3, -0.25) is 0 Å². The van der Waals surface area contributed by atoms with Crippen LogP contribution in [-0.2, 0) is 18.1 Å². The van der Waals surface area contributed by atoms with Crippen molar-refractivity contribution in [2.75, 3.05) is 6.61 Å². The second kappa shape index (κ2) is 11.9. The molecule has 3 rings (SSSR count). The first-order valence-corrected chi connectivity index (χ1v) is 11.7. The highest BCUT2D eigenvalue weighted by molar-refractivity contribution is 14.1. The Balaban J connectivity index is 1.69. The molecule has 0 saturated carbocycles. The normalized spacial score (nSPS) is 10.6. The van der Waals surface area contributed by atoms with Crippen molar-refractivity contribution >= 4 is 51.4 Å². The van der Waals surface area contributed by atoms with Crippen LogP contribution in [0.3, 0.4) is 0 Å². The van der Waals surface area contributed by atoms with Gasteiger partial charge in [0, 0.05) is 14.7 Å². The third kappa shape index (κ3) is 6.83. The molecule has 0 aromatic heterocycles. The average molecular weight is 638 g/mol. The second-order valence-corrected chi connectivity index (χ2v) is 8.86. The van der Waals surface area contributed by atoms with E-state index in [0.29, 0.717) is 30.3 Å². The molecule has 0 spiro atoms. The van der Waals surface area contributed by atoms with E-state index in [1.165, 1.54) is 3.57 Å². The predicted molar refractivity (Wildman–Crippen MR) is 137 cm³/mol. The summed E-state index contributed by atoms with van der Waals surface area (Å²) < 4.78 is 14.0. The number of benzene rings is 3. The molecule has 0 heterocycles. The fourth-order valence-electron chi connectivity index (χ4n) is 2.76. The van der Waals surface area contributed by atoms with Gasteiger partial charge < -0.3 is 14.3 Å². The predicted octanol–water partition coefficient (Wildman–Crippen LogP) is 6.30. The molecule has 0 saturated heterocycles. The van der Waals surface area contributed by atoms with Crippen molar-refractivity contribution in [3.63, 3.8) is 0 Å². The van der Waals surface area contributed by atoms with Gasteiger partial charge in [-0.05, 0) is 88.0 Å². The Bertz CT molecular complexity index is 1090. The van der Waals surface area contributed by atoms with Gasteiger partial charge in [-0.15, -0.1) is 0 Å². The first-order chi connectivity index (χ1) is 15.1. The first-order valence-electron chi connectivity index (χ1n) is 9.57. The van der Waals surface area contributed by atoms with E-state index in [1.807, 2.05) is 37.3 Å². The fourth-order valence-corrected chi connectivity index (χ4v) is 3.90. The minimum Gasteiger partial charge on any atom is -0.490 e. The molecule has 0 N–H and O–H groups in total. The summed E-state index contributed by atoms with van der Waals surface area (Å²) in [4.78, 5) is 5.39. The average Bonchev–Trinajstić information content (AvgIpc) is 2.78. The molecule has 158 valence electrons. The number of oxime groups is 1. The van der Waals surface area contributed by atoms with Gasteiger partial charge in [-0.25, -0.2) is 0 Å². The summed E-state index contributed by atoms with van der Waals surface area (Å²) >= 11 is 4.52. The lowest BCUT2D eigenvalue weighted by atomic mass is 10.1. The van der Waals surface area contributed by atoms with Crippen molar-refractivity contribution < 1.29 is 14.3 Å². The van der Waals surface area contributed by atoms with Gasteiger partial charge in [0.2, 0.25) is 0 Å². The molecule has 0 aliphatic heterocycles. The highest BCUT2D eigenvalue weighted by Crippen LogP contribution is 2.34. The van der Waals surface area contributed by atoms with Crippen LogP contribution in [0.25, 0.3) is 0 Å². The van der Waals surface area contributed by atoms with Crippen LogP contribution in [0.5, 0.6) is 11.5 Å². The van der Waals surface area contributed by atoms with E-state index in [1.54, 1.807) is 12.3 Å². The van der Waals surface area contributed by atoms with Crippen molar-refractivity contribution in [2.45, 2.75) is 20.1 Å². The minimum absolute atomic E-state index is 0.229. The molecular formula is C24H20I2N2O3. The van der Waals surface area contributed by atoms with Crippen molar-refractivity contribution in [1.82, 2.24) is 0 Å². The molecule has 0 aliphatic carbocycles. The summed E-state index contributed by atoms with van der Waals surface area (Å²) in [6.45, 7) is 3.15. The molecular weight excluding hydrogens is 618 g/mol. The van der Waals surface area contributed by atoms with Crippen LogP contribution in [-0.4, -0.2) is 12.8 Å².